The Morgan fingerprint density at radius 1 is 1.23 bits per heavy atom. The fourth-order valence-electron chi connectivity index (χ4n) is 2.93. The van der Waals surface area contributed by atoms with E-state index in [2.05, 4.69) is 10.4 Å². The molecular formula is C18H15ClN4O3. The highest BCUT2D eigenvalue weighted by atomic mass is 35.5. The zero-order chi connectivity index (χ0) is 18.3. The lowest BCUT2D eigenvalue weighted by molar-refractivity contribution is -0.122. The highest BCUT2D eigenvalue weighted by Crippen LogP contribution is 2.19. The van der Waals surface area contributed by atoms with E-state index >= 15 is 0 Å². The average Bonchev–Trinajstić information content (AvgIpc) is 3.20. The van der Waals surface area contributed by atoms with Crippen LogP contribution in [0.15, 0.2) is 51.9 Å². The summed E-state index contributed by atoms with van der Waals surface area (Å²) in [7, 11) is 0. The molecule has 0 fully saturated rings. The zero-order valence-electron chi connectivity index (χ0n) is 13.9. The minimum absolute atomic E-state index is 0.156. The average molecular weight is 371 g/mol. The van der Waals surface area contributed by atoms with Gasteiger partial charge in [-0.2, -0.15) is 5.10 Å². The maximum Gasteiger partial charge on any atom is 0.291 e. The van der Waals surface area contributed by atoms with Crippen molar-refractivity contribution in [1.82, 2.24) is 19.5 Å². The van der Waals surface area contributed by atoms with Gasteiger partial charge in [-0.1, -0.05) is 23.7 Å². The predicted octanol–water partition coefficient (Wildman–Crippen LogP) is 2.52. The molecule has 0 aliphatic carbocycles. The van der Waals surface area contributed by atoms with Gasteiger partial charge in [0.2, 0.25) is 5.91 Å². The van der Waals surface area contributed by atoms with E-state index in [0.29, 0.717) is 28.5 Å². The largest absolute Gasteiger partial charge is 0.463 e. The van der Waals surface area contributed by atoms with Crippen LogP contribution < -0.4 is 10.9 Å². The number of aryl methyl sites for hydroxylation is 1. The van der Waals surface area contributed by atoms with Gasteiger partial charge < -0.3 is 9.73 Å². The molecule has 1 N–H and O–H groups in total. The van der Waals surface area contributed by atoms with Crippen LogP contribution in [0.2, 0.25) is 5.02 Å². The Kier molecular flexibility index (Phi) is 4.00. The van der Waals surface area contributed by atoms with Gasteiger partial charge in [0.05, 0.1) is 11.8 Å². The van der Waals surface area contributed by atoms with Crippen molar-refractivity contribution in [2.75, 3.05) is 0 Å². The number of amides is 1. The molecule has 0 aliphatic rings. The summed E-state index contributed by atoms with van der Waals surface area (Å²) in [5.41, 5.74) is 2.39. The summed E-state index contributed by atoms with van der Waals surface area (Å²) in [6.45, 7) is 1.97. The number of benzene rings is 1. The SMILES string of the molecule is Cc1nn(CC(=O)NCc2ccc(Cl)cc2)c(=O)c2cc3occc3n12. The van der Waals surface area contributed by atoms with Gasteiger partial charge in [0.25, 0.3) is 5.56 Å². The van der Waals surface area contributed by atoms with E-state index in [1.807, 2.05) is 12.1 Å². The summed E-state index contributed by atoms with van der Waals surface area (Å²) < 4.78 is 8.24. The van der Waals surface area contributed by atoms with Crippen molar-refractivity contribution < 1.29 is 9.21 Å². The molecule has 1 aromatic carbocycles. The van der Waals surface area contributed by atoms with Gasteiger partial charge in [0, 0.05) is 23.7 Å². The van der Waals surface area contributed by atoms with Gasteiger partial charge >= 0.3 is 0 Å². The van der Waals surface area contributed by atoms with E-state index in [1.54, 1.807) is 41.9 Å². The van der Waals surface area contributed by atoms with Crippen LogP contribution in [0.25, 0.3) is 16.6 Å². The summed E-state index contributed by atoms with van der Waals surface area (Å²) in [5.74, 6) is 0.301. The standard InChI is InChI=1S/C18H15ClN4O3/c1-11-21-22(10-17(24)20-9-12-2-4-13(19)5-3-12)18(25)15-8-16-14(23(11)15)6-7-26-16/h2-8H,9-10H2,1H3,(H,20,24). The predicted molar refractivity (Wildman–Crippen MR) is 97.3 cm³/mol. The van der Waals surface area contributed by atoms with Crippen LogP contribution in [0.1, 0.15) is 11.4 Å². The lowest BCUT2D eigenvalue weighted by Gasteiger charge is -2.09. The number of hydrogen-bond acceptors (Lipinski definition) is 4. The fourth-order valence-corrected chi connectivity index (χ4v) is 3.06. The Hall–Kier alpha value is -3.06. The second-order valence-electron chi connectivity index (χ2n) is 5.95. The van der Waals surface area contributed by atoms with Crippen LogP contribution >= 0.6 is 11.6 Å². The molecule has 0 saturated heterocycles. The first kappa shape index (κ1) is 16.4. The summed E-state index contributed by atoms with van der Waals surface area (Å²) in [6.07, 6.45) is 1.56. The molecular weight excluding hydrogens is 356 g/mol. The number of halogens is 1. The normalized spacial score (nSPS) is 11.3. The molecule has 1 amide bonds. The zero-order valence-corrected chi connectivity index (χ0v) is 14.7. The third kappa shape index (κ3) is 2.86. The van der Waals surface area contributed by atoms with Crippen LogP contribution in [-0.2, 0) is 17.9 Å². The van der Waals surface area contributed by atoms with Crippen LogP contribution in [0, 0.1) is 6.92 Å². The lowest BCUT2D eigenvalue weighted by Crippen LogP contribution is -2.34. The number of aromatic nitrogens is 3. The van der Waals surface area contributed by atoms with Crippen LogP contribution in [0.4, 0.5) is 0 Å². The number of hydrogen-bond donors (Lipinski definition) is 1. The minimum Gasteiger partial charge on any atom is -0.463 e. The molecule has 0 bridgehead atoms. The molecule has 0 unspecified atom stereocenters. The Morgan fingerprint density at radius 3 is 2.77 bits per heavy atom. The number of fused-ring (bicyclic) bond motifs is 3. The van der Waals surface area contributed by atoms with Crippen molar-refractivity contribution >= 4 is 34.1 Å². The third-order valence-corrected chi connectivity index (χ3v) is 4.41. The molecule has 8 heteroatoms. The highest BCUT2D eigenvalue weighted by Gasteiger charge is 2.15. The van der Waals surface area contributed by atoms with Crippen molar-refractivity contribution in [3.8, 4) is 0 Å². The van der Waals surface area contributed by atoms with Crippen molar-refractivity contribution in [3.63, 3.8) is 0 Å². The summed E-state index contributed by atoms with van der Waals surface area (Å²) in [5, 5.41) is 7.67. The van der Waals surface area contributed by atoms with Gasteiger partial charge in [-0.3, -0.25) is 14.0 Å². The molecule has 4 rings (SSSR count). The molecule has 3 heterocycles. The number of nitrogens with zero attached hydrogens (tertiary/aromatic N) is 3. The molecule has 7 nitrogen and oxygen atoms in total. The first-order chi connectivity index (χ1) is 12.5. The Bertz CT molecular complexity index is 1170. The maximum atomic E-state index is 12.6. The Labute approximate surface area is 152 Å². The lowest BCUT2D eigenvalue weighted by atomic mass is 10.2. The monoisotopic (exact) mass is 370 g/mol. The molecule has 3 aromatic heterocycles. The van der Waals surface area contributed by atoms with Gasteiger partial charge in [-0.05, 0) is 24.6 Å². The van der Waals surface area contributed by atoms with Gasteiger partial charge in [0.15, 0.2) is 5.58 Å². The Balaban J connectivity index is 1.56. The first-order valence-electron chi connectivity index (χ1n) is 8.00. The van der Waals surface area contributed by atoms with Crippen LogP contribution in [-0.4, -0.2) is 20.1 Å². The minimum atomic E-state index is -0.344. The summed E-state index contributed by atoms with van der Waals surface area (Å²) in [6, 6.07) is 10.6. The molecule has 0 saturated carbocycles. The van der Waals surface area contributed by atoms with E-state index in [4.69, 9.17) is 16.0 Å². The number of carbonyl (C=O) groups is 1. The second kappa shape index (κ2) is 6.34. The van der Waals surface area contributed by atoms with Crippen LogP contribution in [0.3, 0.4) is 0 Å². The number of rotatable bonds is 4. The topological polar surface area (TPSA) is 81.5 Å². The van der Waals surface area contributed by atoms with E-state index < -0.39 is 0 Å². The third-order valence-electron chi connectivity index (χ3n) is 4.16. The van der Waals surface area contributed by atoms with Gasteiger partial charge in [-0.25, -0.2) is 4.68 Å². The van der Waals surface area contributed by atoms with E-state index in [9.17, 15) is 9.59 Å². The molecule has 0 atom stereocenters. The summed E-state index contributed by atoms with van der Waals surface area (Å²) in [4.78, 5) is 24.9. The molecule has 0 spiro atoms. The van der Waals surface area contributed by atoms with Crippen molar-refractivity contribution in [3.05, 3.63) is 69.4 Å². The molecule has 0 radical (unpaired) electrons. The van der Waals surface area contributed by atoms with Gasteiger partial charge in [0.1, 0.15) is 17.9 Å². The fraction of sp³-hybridized carbons (Fsp3) is 0.167. The summed E-state index contributed by atoms with van der Waals surface area (Å²) >= 11 is 5.84. The number of furan rings is 1. The molecule has 26 heavy (non-hydrogen) atoms. The van der Waals surface area contributed by atoms with E-state index in [1.165, 1.54) is 4.68 Å². The smallest absolute Gasteiger partial charge is 0.291 e. The van der Waals surface area contributed by atoms with Crippen LogP contribution in [0.5, 0.6) is 0 Å². The molecule has 132 valence electrons. The highest BCUT2D eigenvalue weighted by molar-refractivity contribution is 6.30. The first-order valence-corrected chi connectivity index (χ1v) is 8.38. The van der Waals surface area contributed by atoms with Gasteiger partial charge in [-0.15, -0.1) is 0 Å². The van der Waals surface area contributed by atoms with E-state index in [-0.39, 0.29) is 18.0 Å². The van der Waals surface area contributed by atoms with Crippen molar-refractivity contribution in [1.29, 1.82) is 0 Å². The number of nitrogens with one attached hydrogen (secondary N) is 1. The maximum absolute atomic E-state index is 12.6. The molecule has 0 aliphatic heterocycles. The Morgan fingerprint density at radius 2 is 2.00 bits per heavy atom. The van der Waals surface area contributed by atoms with E-state index in [0.717, 1.165) is 11.1 Å². The number of carbonyl (C=O) groups excluding carboxylic acids is 1. The molecule has 4 aromatic rings. The quantitative estimate of drug-likeness (QED) is 0.598. The van der Waals surface area contributed by atoms with Crippen molar-refractivity contribution in [2.24, 2.45) is 0 Å². The van der Waals surface area contributed by atoms with Crippen molar-refractivity contribution in [2.45, 2.75) is 20.0 Å². The second-order valence-corrected chi connectivity index (χ2v) is 6.38.